The first kappa shape index (κ1) is 16.6. The van der Waals surface area contributed by atoms with Crippen LogP contribution in [0, 0.1) is 6.92 Å². The molecule has 0 spiro atoms. The molecule has 0 bridgehead atoms. The predicted octanol–water partition coefficient (Wildman–Crippen LogP) is 3.08. The molecule has 126 valence electrons. The van der Waals surface area contributed by atoms with E-state index in [2.05, 4.69) is 22.1 Å². The van der Waals surface area contributed by atoms with Crippen molar-refractivity contribution in [2.75, 3.05) is 31.1 Å². The smallest absolute Gasteiger partial charge is 0.317 e. The van der Waals surface area contributed by atoms with Gasteiger partial charge in [0.1, 0.15) is 0 Å². The number of rotatable bonds is 3. The van der Waals surface area contributed by atoms with Gasteiger partial charge in [0.25, 0.3) is 0 Å². The number of hydrogen-bond acceptors (Lipinski definition) is 3. The van der Waals surface area contributed by atoms with Crippen LogP contribution in [0.5, 0.6) is 0 Å². The first-order valence-corrected chi connectivity index (χ1v) is 8.44. The molecule has 0 unspecified atom stereocenters. The van der Waals surface area contributed by atoms with E-state index in [0.717, 1.165) is 29.4 Å². The molecule has 2 amide bonds. The van der Waals surface area contributed by atoms with Crippen molar-refractivity contribution < 1.29 is 4.79 Å². The molecule has 1 aromatic heterocycles. The third-order valence-electron chi connectivity index (χ3n) is 4.25. The Morgan fingerprint density at radius 2 is 2.04 bits per heavy atom. The molecule has 2 aromatic rings. The molecule has 5 nitrogen and oxygen atoms in total. The van der Waals surface area contributed by atoms with Crippen molar-refractivity contribution in [3.63, 3.8) is 0 Å². The molecule has 1 aliphatic heterocycles. The highest BCUT2D eigenvalue weighted by Gasteiger charge is 2.22. The van der Waals surface area contributed by atoms with E-state index in [1.807, 2.05) is 35.2 Å². The van der Waals surface area contributed by atoms with Gasteiger partial charge in [0.05, 0.1) is 0 Å². The van der Waals surface area contributed by atoms with Crippen LogP contribution in [0.15, 0.2) is 42.7 Å². The fourth-order valence-electron chi connectivity index (χ4n) is 2.87. The number of benzene rings is 1. The van der Waals surface area contributed by atoms with Crippen molar-refractivity contribution in [1.82, 2.24) is 15.2 Å². The molecule has 1 aromatic carbocycles. The molecule has 0 aliphatic carbocycles. The highest BCUT2D eigenvalue weighted by Crippen LogP contribution is 2.25. The number of halogens is 1. The highest BCUT2D eigenvalue weighted by molar-refractivity contribution is 6.30. The van der Waals surface area contributed by atoms with Crippen LogP contribution in [0.3, 0.4) is 0 Å². The fraction of sp³-hybridized carbons (Fsp3) is 0.333. The minimum absolute atomic E-state index is 0.0266. The highest BCUT2D eigenvalue weighted by atomic mass is 35.5. The molecular formula is C18H21ClN4O. The van der Waals surface area contributed by atoms with Gasteiger partial charge in [0, 0.05) is 55.8 Å². The lowest BCUT2D eigenvalue weighted by Crippen LogP contribution is -2.51. The number of carbonyl (C=O) groups is 1. The number of carbonyl (C=O) groups excluding carboxylic acids is 1. The number of urea groups is 1. The Bertz CT molecular complexity index is 699. The van der Waals surface area contributed by atoms with Crippen molar-refractivity contribution in [3.05, 3.63) is 58.9 Å². The number of anilines is 1. The molecule has 1 fully saturated rings. The van der Waals surface area contributed by atoms with Crippen molar-refractivity contribution >= 4 is 23.3 Å². The van der Waals surface area contributed by atoms with Crippen molar-refractivity contribution in [2.45, 2.75) is 13.5 Å². The van der Waals surface area contributed by atoms with E-state index in [4.69, 9.17) is 11.6 Å². The quantitative estimate of drug-likeness (QED) is 0.930. The normalized spacial score (nSPS) is 14.6. The Balaban J connectivity index is 1.53. The Labute approximate surface area is 147 Å². The summed E-state index contributed by atoms with van der Waals surface area (Å²) < 4.78 is 0. The molecule has 1 saturated heterocycles. The van der Waals surface area contributed by atoms with Gasteiger partial charge in [0.2, 0.25) is 0 Å². The topological polar surface area (TPSA) is 48.5 Å². The maximum Gasteiger partial charge on any atom is 0.317 e. The molecular weight excluding hydrogens is 324 g/mol. The van der Waals surface area contributed by atoms with Gasteiger partial charge in [-0.2, -0.15) is 0 Å². The van der Waals surface area contributed by atoms with Crippen LogP contribution < -0.4 is 10.2 Å². The van der Waals surface area contributed by atoms with Gasteiger partial charge in [-0.1, -0.05) is 23.7 Å². The summed E-state index contributed by atoms with van der Waals surface area (Å²) in [6, 6.07) is 9.73. The van der Waals surface area contributed by atoms with Crippen LogP contribution in [0.4, 0.5) is 10.5 Å². The van der Waals surface area contributed by atoms with Crippen LogP contribution in [0.2, 0.25) is 5.02 Å². The summed E-state index contributed by atoms with van der Waals surface area (Å²) in [5.41, 5.74) is 3.35. The molecule has 1 aliphatic rings. The first-order chi connectivity index (χ1) is 11.6. The van der Waals surface area contributed by atoms with Crippen LogP contribution in [-0.2, 0) is 6.54 Å². The van der Waals surface area contributed by atoms with Gasteiger partial charge in [-0.25, -0.2) is 4.79 Å². The Hall–Kier alpha value is -2.27. The van der Waals surface area contributed by atoms with Crippen molar-refractivity contribution in [1.29, 1.82) is 0 Å². The maximum absolute atomic E-state index is 12.3. The van der Waals surface area contributed by atoms with E-state index in [1.165, 1.54) is 5.56 Å². The number of nitrogens with zero attached hydrogens (tertiary/aromatic N) is 3. The molecule has 6 heteroatoms. The lowest BCUT2D eigenvalue weighted by atomic mass is 10.1. The average Bonchev–Trinajstić information content (AvgIpc) is 2.63. The van der Waals surface area contributed by atoms with Crippen molar-refractivity contribution in [3.8, 4) is 0 Å². The maximum atomic E-state index is 12.3. The Kier molecular flexibility index (Phi) is 5.20. The Morgan fingerprint density at radius 1 is 1.25 bits per heavy atom. The summed E-state index contributed by atoms with van der Waals surface area (Å²) in [5, 5.41) is 3.69. The van der Waals surface area contributed by atoms with Gasteiger partial charge >= 0.3 is 6.03 Å². The number of aromatic nitrogens is 1. The molecule has 3 rings (SSSR count). The summed E-state index contributed by atoms with van der Waals surface area (Å²) in [5.74, 6) is 0. The fourth-order valence-corrected chi connectivity index (χ4v) is 3.03. The molecule has 0 radical (unpaired) electrons. The second-order valence-corrected chi connectivity index (χ2v) is 6.36. The number of aryl methyl sites for hydroxylation is 1. The number of nitrogens with one attached hydrogen (secondary N) is 1. The lowest BCUT2D eigenvalue weighted by molar-refractivity contribution is 0.194. The van der Waals surface area contributed by atoms with E-state index < -0.39 is 0 Å². The van der Waals surface area contributed by atoms with E-state index in [0.29, 0.717) is 19.6 Å². The zero-order valence-corrected chi connectivity index (χ0v) is 14.5. The number of amides is 2. The van der Waals surface area contributed by atoms with Crippen LogP contribution in [0.25, 0.3) is 0 Å². The second kappa shape index (κ2) is 7.53. The zero-order valence-electron chi connectivity index (χ0n) is 13.7. The number of pyridine rings is 1. The SMILES string of the molecule is Cc1ccc(Cl)cc1N1CCN(C(=O)NCc2cccnc2)CC1. The summed E-state index contributed by atoms with van der Waals surface area (Å²) in [6.45, 7) is 5.59. The largest absolute Gasteiger partial charge is 0.368 e. The van der Waals surface area contributed by atoms with E-state index >= 15 is 0 Å². The summed E-state index contributed by atoms with van der Waals surface area (Å²) in [7, 11) is 0. The van der Waals surface area contributed by atoms with Crippen LogP contribution in [0.1, 0.15) is 11.1 Å². The van der Waals surface area contributed by atoms with Gasteiger partial charge in [-0.15, -0.1) is 0 Å². The minimum Gasteiger partial charge on any atom is -0.368 e. The van der Waals surface area contributed by atoms with Crippen LogP contribution >= 0.6 is 11.6 Å². The summed E-state index contributed by atoms with van der Waals surface area (Å²) in [4.78, 5) is 20.5. The lowest BCUT2D eigenvalue weighted by Gasteiger charge is -2.36. The van der Waals surface area contributed by atoms with Gasteiger partial charge in [0.15, 0.2) is 0 Å². The third-order valence-corrected chi connectivity index (χ3v) is 4.48. The van der Waals surface area contributed by atoms with E-state index in [-0.39, 0.29) is 6.03 Å². The van der Waals surface area contributed by atoms with Gasteiger partial charge in [-0.05, 0) is 36.2 Å². The zero-order chi connectivity index (χ0) is 16.9. The molecule has 2 heterocycles. The predicted molar refractivity (Wildman–Crippen MR) is 96.4 cm³/mol. The average molecular weight is 345 g/mol. The van der Waals surface area contributed by atoms with E-state index in [1.54, 1.807) is 12.4 Å². The Morgan fingerprint density at radius 3 is 2.75 bits per heavy atom. The summed E-state index contributed by atoms with van der Waals surface area (Å²) >= 11 is 6.11. The second-order valence-electron chi connectivity index (χ2n) is 5.92. The molecule has 0 saturated carbocycles. The molecule has 24 heavy (non-hydrogen) atoms. The number of piperazine rings is 1. The minimum atomic E-state index is -0.0266. The van der Waals surface area contributed by atoms with Gasteiger partial charge < -0.3 is 15.1 Å². The van der Waals surface area contributed by atoms with Crippen molar-refractivity contribution in [2.24, 2.45) is 0 Å². The molecule has 0 atom stereocenters. The third kappa shape index (κ3) is 3.97. The summed E-state index contributed by atoms with van der Waals surface area (Å²) in [6.07, 6.45) is 3.49. The number of hydrogen-bond donors (Lipinski definition) is 1. The van der Waals surface area contributed by atoms with Crippen LogP contribution in [-0.4, -0.2) is 42.1 Å². The van der Waals surface area contributed by atoms with Gasteiger partial charge in [-0.3, -0.25) is 4.98 Å². The monoisotopic (exact) mass is 344 g/mol. The first-order valence-electron chi connectivity index (χ1n) is 8.06. The standard InChI is InChI=1S/C18H21ClN4O/c1-14-4-5-16(19)11-17(14)22-7-9-23(10-8-22)18(24)21-13-15-3-2-6-20-12-15/h2-6,11-12H,7-10,13H2,1H3,(H,21,24). The molecule has 1 N–H and O–H groups in total. The van der Waals surface area contributed by atoms with E-state index in [9.17, 15) is 4.79 Å².